The summed E-state index contributed by atoms with van der Waals surface area (Å²) in [6, 6.07) is 14.1. The van der Waals surface area contributed by atoms with E-state index in [9.17, 15) is 4.79 Å². The molecule has 2 aromatic rings. The van der Waals surface area contributed by atoms with Gasteiger partial charge in [0.2, 0.25) is 0 Å². The molecule has 0 saturated carbocycles. The summed E-state index contributed by atoms with van der Waals surface area (Å²) in [6.45, 7) is 2.63. The summed E-state index contributed by atoms with van der Waals surface area (Å²) in [4.78, 5) is 12.5. The van der Waals surface area contributed by atoms with Gasteiger partial charge in [-0.1, -0.05) is 36.7 Å². The van der Waals surface area contributed by atoms with E-state index in [0.717, 1.165) is 36.5 Å². The summed E-state index contributed by atoms with van der Waals surface area (Å²) in [5.41, 5.74) is 4.02. The van der Waals surface area contributed by atoms with Crippen LogP contribution in [0, 0.1) is 0 Å². The highest BCUT2D eigenvalue weighted by Crippen LogP contribution is 2.26. The second-order valence-corrected chi connectivity index (χ2v) is 7.61. The molecule has 144 valence electrons. The molecule has 4 heteroatoms. The lowest BCUT2D eigenvalue weighted by Gasteiger charge is -2.20. The Bertz CT molecular complexity index is 757. The Hall–Kier alpha value is -2.00. The number of hydrogen-bond acceptors (Lipinski definition) is 2. The predicted molar refractivity (Wildman–Crippen MR) is 111 cm³/mol. The number of ether oxygens (including phenoxy) is 1. The fraction of sp³-hybridized carbons (Fsp3) is 0.435. The minimum Gasteiger partial charge on any atom is -0.481 e. The van der Waals surface area contributed by atoms with Crippen molar-refractivity contribution in [3.05, 3.63) is 64.2 Å². The van der Waals surface area contributed by atoms with Crippen molar-refractivity contribution in [1.29, 1.82) is 0 Å². The Morgan fingerprint density at radius 2 is 1.85 bits per heavy atom. The van der Waals surface area contributed by atoms with Crippen molar-refractivity contribution >= 4 is 17.5 Å². The molecule has 1 aliphatic rings. The summed E-state index contributed by atoms with van der Waals surface area (Å²) in [7, 11) is 0. The lowest BCUT2D eigenvalue weighted by atomic mass is 9.92. The number of fused-ring (bicyclic) bond motifs is 1. The van der Waals surface area contributed by atoms with Gasteiger partial charge in [-0.3, -0.25) is 4.79 Å². The van der Waals surface area contributed by atoms with Gasteiger partial charge in [-0.05, 0) is 85.9 Å². The first kappa shape index (κ1) is 19.8. The molecule has 1 atom stereocenters. The Morgan fingerprint density at radius 3 is 2.59 bits per heavy atom. The minimum absolute atomic E-state index is 0.0358. The fourth-order valence-electron chi connectivity index (χ4n) is 3.54. The van der Waals surface area contributed by atoms with Crippen molar-refractivity contribution in [2.75, 3.05) is 6.54 Å². The van der Waals surface area contributed by atoms with Gasteiger partial charge in [0, 0.05) is 11.6 Å². The Balaban J connectivity index is 1.46. The summed E-state index contributed by atoms with van der Waals surface area (Å²) in [6.07, 6.45) is 6.79. The average molecular weight is 386 g/mol. The van der Waals surface area contributed by atoms with Crippen LogP contribution in [-0.2, 0) is 24.1 Å². The quantitative estimate of drug-likeness (QED) is 0.640. The molecule has 0 fully saturated rings. The van der Waals surface area contributed by atoms with Crippen LogP contribution in [0.1, 0.15) is 49.3 Å². The van der Waals surface area contributed by atoms with Crippen LogP contribution in [0.15, 0.2) is 42.5 Å². The lowest BCUT2D eigenvalue weighted by Crippen LogP contribution is -2.38. The summed E-state index contributed by atoms with van der Waals surface area (Å²) in [5.74, 6) is 0.769. The van der Waals surface area contributed by atoms with E-state index in [1.807, 2.05) is 37.3 Å². The average Bonchev–Trinajstić information content (AvgIpc) is 2.70. The number of rotatable bonds is 8. The minimum atomic E-state index is -0.442. The van der Waals surface area contributed by atoms with Gasteiger partial charge in [0.1, 0.15) is 5.75 Å². The van der Waals surface area contributed by atoms with E-state index in [1.54, 1.807) is 0 Å². The summed E-state index contributed by atoms with van der Waals surface area (Å²) >= 11 is 5.90. The van der Waals surface area contributed by atoms with Crippen molar-refractivity contribution in [1.82, 2.24) is 5.32 Å². The molecule has 1 aliphatic carbocycles. The highest BCUT2D eigenvalue weighted by Gasteiger charge is 2.19. The van der Waals surface area contributed by atoms with Gasteiger partial charge >= 0.3 is 0 Å². The maximum atomic E-state index is 12.5. The fourth-order valence-corrected chi connectivity index (χ4v) is 3.66. The van der Waals surface area contributed by atoms with Crippen molar-refractivity contribution in [3.8, 4) is 5.75 Å². The molecule has 0 unspecified atom stereocenters. The van der Waals surface area contributed by atoms with Crippen molar-refractivity contribution < 1.29 is 9.53 Å². The molecular weight excluding hydrogens is 358 g/mol. The third-order valence-electron chi connectivity index (χ3n) is 5.12. The zero-order valence-corrected chi connectivity index (χ0v) is 16.7. The Morgan fingerprint density at radius 1 is 1.11 bits per heavy atom. The van der Waals surface area contributed by atoms with Gasteiger partial charge in [-0.15, -0.1) is 0 Å². The summed E-state index contributed by atoms with van der Waals surface area (Å²) < 4.78 is 5.99. The van der Waals surface area contributed by atoms with Crippen LogP contribution in [0.25, 0.3) is 0 Å². The Kier molecular flexibility index (Phi) is 7.17. The normalized spacial score (nSPS) is 14.3. The van der Waals surface area contributed by atoms with E-state index in [-0.39, 0.29) is 5.91 Å². The van der Waals surface area contributed by atoms with Crippen molar-refractivity contribution in [2.24, 2.45) is 0 Å². The number of benzene rings is 2. The van der Waals surface area contributed by atoms with Gasteiger partial charge in [0.05, 0.1) is 0 Å². The smallest absolute Gasteiger partial charge is 0.261 e. The second-order valence-electron chi connectivity index (χ2n) is 7.17. The lowest BCUT2D eigenvalue weighted by molar-refractivity contribution is -0.128. The number of aryl methyl sites for hydroxylation is 3. The number of halogens is 1. The number of carbonyl (C=O) groups excluding carboxylic acids is 1. The van der Waals surface area contributed by atoms with Gasteiger partial charge < -0.3 is 10.1 Å². The molecule has 3 nitrogen and oxygen atoms in total. The van der Waals surface area contributed by atoms with E-state index in [2.05, 4.69) is 17.4 Å². The predicted octanol–water partition coefficient (Wildman–Crippen LogP) is 5.13. The molecule has 0 heterocycles. The first-order valence-electron chi connectivity index (χ1n) is 9.96. The monoisotopic (exact) mass is 385 g/mol. The molecule has 27 heavy (non-hydrogen) atoms. The zero-order chi connectivity index (χ0) is 19.1. The maximum absolute atomic E-state index is 12.5. The van der Waals surface area contributed by atoms with Crippen LogP contribution in [0.4, 0.5) is 0 Å². The standard InChI is InChI=1S/C23H28ClNO2/c1-2-22(27-21-14-11-18-7-3-4-8-19(18)16-21)23(26)25-15-5-6-17-9-12-20(24)13-10-17/h9-14,16,22H,2-8,15H2,1H3,(H,25,26)/t22-/m1/s1. The number of carbonyl (C=O) groups is 1. The second kappa shape index (κ2) is 9.80. The third-order valence-corrected chi connectivity index (χ3v) is 5.37. The number of hydrogen-bond donors (Lipinski definition) is 1. The molecule has 0 spiro atoms. The summed E-state index contributed by atoms with van der Waals surface area (Å²) in [5, 5.41) is 3.76. The molecule has 1 amide bonds. The number of nitrogens with one attached hydrogen (secondary N) is 1. The molecule has 0 saturated heterocycles. The van der Waals surface area contributed by atoms with E-state index in [4.69, 9.17) is 16.3 Å². The Labute approximate surface area is 167 Å². The van der Waals surface area contributed by atoms with Crippen LogP contribution in [0.5, 0.6) is 5.75 Å². The molecule has 0 aliphatic heterocycles. The van der Waals surface area contributed by atoms with Crippen molar-refractivity contribution in [3.63, 3.8) is 0 Å². The van der Waals surface area contributed by atoms with E-state index in [1.165, 1.54) is 29.5 Å². The topological polar surface area (TPSA) is 38.3 Å². The molecule has 0 aromatic heterocycles. The zero-order valence-electron chi connectivity index (χ0n) is 16.0. The molecular formula is C23H28ClNO2. The molecule has 0 radical (unpaired) electrons. The first-order valence-corrected chi connectivity index (χ1v) is 10.3. The molecule has 0 bridgehead atoms. The molecule has 1 N–H and O–H groups in total. The van der Waals surface area contributed by atoms with Crippen LogP contribution >= 0.6 is 11.6 Å². The maximum Gasteiger partial charge on any atom is 0.261 e. The van der Waals surface area contributed by atoms with E-state index < -0.39 is 6.10 Å². The third kappa shape index (κ3) is 5.74. The molecule has 3 rings (SSSR count). The number of amides is 1. The van der Waals surface area contributed by atoms with Gasteiger partial charge in [-0.25, -0.2) is 0 Å². The van der Waals surface area contributed by atoms with Crippen molar-refractivity contribution in [2.45, 2.75) is 58.0 Å². The largest absolute Gasteiger partial charge is 0.481 e. The van der Waals surface area contributed by atoms with E-state index >= 15 is 0 Å². The highest BCUT2D eigenvalue weighted by atomic mass is 35.5. The van der Waals surface area contributed by atoms with Crippen LogP contribution in [-0.4, -0.2) is 18.6 Å². The highest BCUT2D eigenvalue weighted by molar-refractivity contribution is 6.30. The molecule has 2 aromatic carbocycles. The first-order chi connectivity index (χ1) is 13.2. The van der Waals surface area contributed by atoms with Gasteiger partial charge in [0.15, 0.2) is 6.10 Å². The SMILES string of the molecule is CC[C@@H](Oc1ccc2c(c1)CCCC2)C(=O)NCCCc1ccc(Cl)cc1. The van der Waals surface area contributed by atoms with Crippen LogP contribution < -0.4 is 10.1 Å². The van der Waals surface area contributed by atoms with Gasteiger partial charge in [-0.2, -0.15) is 0 Å². The van der Waals surface area contributed by atoms with E-state index in [0.29, 0.717) is 13.0 Å². The van der Waals surface area contributed by atoms with Gasteiger partial charge in [0.25, 0.3) is 5.91 Å². The van der Waals surface area contributed by atoms with Crippen LogP contribution in [0.3, 0.4) is 0 Å². The van der Waals surface area contributed by atoms with Crippen LogP contribution in [0.2, 0.25) is 5.02 Å².